The zero-order valence-electron chi connectivity index (χ0n) is 22.1. The van der Waals surface area contributed by atoms with Gasteiger partial charge in [-0.1, -0.05) is 12.1 Å². The van der Waals surface area contributed by atoms with E-state index in [1.807, 2.05) is 0 Å². The van der Waals surface area contributed by atoms with Gasteiger partial charge in [0, 0.05) is 0 Å². The van der Waals surface area contributed by atoms with Crippen LogP contribution in [-0.4, -0.2) is 80.4 Å². The van der Waals surface area contributed by atoms with Crippen molar-refractivity contribution in [3.63, 3.8) is 0 Å². The second-order valence-corrected chi connectivity index (χ2v) is 10.8. The third-order valence-corrected chi connectivity index (χ3v) is 7.50. The smallest absolute Gasteiger partial charge is 0.468 e. The molecule has 0 radical (unpaired) electrons. The first-order valence-corrected chi connectivity index (χ1v) is 14.1. The van der Waals surface area contributed by atoms with Gasteiger partial charge in [-0.25, -0.2) is 19.5 Å². The summed E-state index contributed by atoms with van der Waals surface area (Å²) in [6, 6.07) is 5.50. The number of fused-ring (bicyclic) bond motifs is 2. The molecule has 1 unspecified atom stereocenters. The maximum absolute atomic E-state index is 12.8. The highest BCUT2D eigenvalue weighted by atomic mass is 31.2. The molecule has 0 aliphatic carbocycles. The van der Waals surface area contributed by atoms with Crippen molar-refractivity contribution in [1.82, 2.24) is 19.5 Å². The van der Waals surface area contributed by atoms with Gasteiger partial charge in [0.25, 0.3) is 0 Å². The fourth-order valence-corrected chi connectivity index (χ4v) is 5.47. The van der Waals surface area contributed by atoms with Crippen LogP contribution in [0.2, 0.25) is 0 Å². The lowest BCUT2D eigenvalue weighted by Gasteiger charge is -2.29. The molecule has 2 fully saturated rings. The minimum absolute atomic E-state index is 0.111. The lowest BCUT2D eigenvalue weighted by molar-refractivity contribution is -0.159. The summed E-state index contributed by atoms with van der Waals surface area (Å²) in [4.78, 5) is 58.8. The fraction of sp³-hybridized carbons (Fsp3) is 0.417. The molecular formula is C24H27N6O11P. The van der Waals surface area contributed by atoms with Crippen LogP contribution in [0.5, 0.6) is 5.75 Å². The number of anilines is 1. The van der Waals surface area contributed by atoms with Crippen LogP contribution in [0.4, 0.5) is 5.82 Å². The van der Waals surface area contributed by atoms with E-state index in [-0.39, 0.29) is 48.6 Å². The Morgan fingerprint density at radius 3 is 2.64 bits per heavy atom. The summed E-state index contributed by atoms with van der Waals surface area (Å²) in [7, 11) is -3.18. The second kappa shape index (κ2) is 12.1. The summed E-state index contributed by atoms with van der Waals surface area (Å²) >= 11 is 0. The number of nitrogen functional groups attached to an aromatic ring is 1. The van der Waals surface area contributed by atoms with E-state index < -0.39 is 56.3 Å². The van der Waals surface area contributed by atoms with E-state index in [0.29, 0.717) is 0 Å². The predicted octanol–water partition coefficient (Wildman–Crippen LogP) is 0.162. The van der Waals surface area contributed by atoms with Gasteiger partial charge in [-0.05, 0) is 24.1 Å². The molecule has 2 saturated heterocycles. The highest BCUT2D eigenvalue weighted by Crippen LogP contribution is 2.53. The van der Waals surface area contributed by atoms with Gasteiger partial charge in [-0.3, -0.25) is 28.0 Å². The molecule has 1 aromatic carbocycles. The van der Waals surface area contributed by atoms with Crippen LogP contribution in [0, 0.1) is 0 Å². The summed E-state index contributed by atoms with van der Waals surface area (Å²) < 4.78 is 45.1. The van der Waals surface area contributed by atoms with Crippen molar-refractivity contribution in [3.8, 4) is 5.75 Å². The normalized spacial score (nSPS) is 25.9. The molecule has 2 aromatic heterocycles. The number of imidazole rings is 1. The number of rotatable bonds is 9. The Morgan fingerprint density at radius 1 is 1.17 bits per heavy atom. The van der Waals surface area contributed by atoms with Crippen LogP contribution in [0.15, 0.2) is 36.9 Å². The lowest BCUT2D eigenvalue weighted by Crippen LogP contribution is -2.41. The second-order valence-electron chi connectivity index (χ2n) is 9.39. The predicted molar refractivity (Wildman–Crippen MR) is 139 cm³/mol. The molecular weight excluding hydrogens is 579 g/mol. The molecule has 17 nitrogen and oxygen atoms in total. The average Bonchev–Trinajstić information content (AvgIpc) is 3.54. The van der Waals surface area contributed by atoms with Crippen molar-refractivity contribution in [2.45, 2.75) is 49.8 Å². The molecule has 224 valence electrons. The van der Waals surface area contributed by atoms with E-state index in [9.17, 15) is 23.8 Å². The SMILES string of the molecule is COC(=O)[C@H](N)Cc1ccc(OC(=O)CCC(=O)O[C@@H]2[C@@H]3OP(=O)(O)OC[C@H]3O[C@H]2n2cnc3c(N)ncnc32)cc1. The van der Waals surface area contributed by atoms with Crippen LogP contribution < -0.4 is 16.2 Å². The molecule has 5 rings (SSSR count). The maximum Gasteiger partial charge on any atom is 0.472 e. The van der Waals surface area contributed by atoms with Gasteiger partial charge in [0.2, 0.25) is 0 Å². The number of hydrogen-bond acceptors (Lipinski definition) is 15. The van der Waals surface area contributed by atoms with Gasteiger partial charge >= 0.3 is 25.7 Å². The number of carbonyl (C=O) groups is 3. The van der Waals surface area contributed by atoms with Gasteiger partial charge < -0.3 is 35.3 Å². The molecule has 5 N–H and O–H groups in total. The van der Waals surface area contributed by atoms with Crippen LogP contribution in [-0.2, 0) is 48.6 Å². The third-order valence-electron chi connectivity index (χ3n) is 6.52. The average molecular weight is 606 g/mol. The van der Waals surface area contributed by atoms with Crippen LogP contribution in [0.25, 0.3) is 11.2 Å². The molecule has 0 amide bonds. The number of hydrogen-bond donors (Lipinski definition) is 3. The van der Waals surface area contributed by atoms with Gasteiger partial charge in [-0.15, -0.1) is 0 Å². The first-order chi connectivity index (χ1) is 20.0. The number of nitrogens with two attached hydrogens (primary N) is 2. The van der Waals surface area contributed by atoms with Crippen molar-refractivity contribution in [2.75, 3.05) is 19.5 Å². The Balaban J connectivity index is 1.22. The van der Waals surface area contributed by atoms with E-state index in [2.05, 4.69) is 19.7 Å². The summed E-state index contributed by atoms with van der Waals surface area (Å²) in [5, 5.41) is 0. The van der Waals surface area contributed by atoms with Crippen LogP contribution in [0.1, 0.15) is 24.6 Å². The number of carbonyl (C=O) groups excluding carboxylic acids is 3. The van der Waals surface area contributed by atoms with Crippen molar-refractivity contribution in [1.29, 1.82) is 0 Å². The van der Waals surface area contributed by atoms with Gasteiger partial charge in [0.1, 0.15) is 35.8 Å². The topological polar surface area (TPSA) is 240 Å². The van der Waals surface area contributed by atoms with Crippen molar-refractivity contribution in [3.05, 3.63) is 42.5 Å². The Kier molecular flexibility index (Phi) is 8.49. The Hall–Kier alpha value is -3.99. The zero-order valence-corrected chi connectivity index (χ0v) is 23.0. The monoisotopic (exact) mass is 606 g/mol. The molecule has 4 heterocycles. The maximum atomic E-state index is 12.8. The molecule has 0 bridgehead atoms. The summed E-state index contributed by atoms with van der Waals surface area (Å²) in [6.07, 6.45) is -2.26. The number of aromatic nitrogens is 4. The Morgan fingerprint density at radius 2 is 1.90 bits per heavy atom. The van der Waals surface area contributed by atoms with Gasteiger partial charge in [0.15, 0.2) is 23.8 Å². The molecule has 6 atom stereocenters. The number of phosphoric acid groups is 1. The van der Waals surface area contributed by atoms with Gasteiger partial charge in [-0.2, -0.15) is 0 Å². The van der Waals surface area contributed by atoms with Crippen molar-refractivity contribution in [2.24, 2.45) is 5.73 Å². The fourth-order valence-electron chi connectivity index (χ4n) is 4.51. The first-order valence-electron chi connectivity index (χ1n) is 12.6. The largest absolute Gasteiger partial charge is 0.472 e. The molecule has 3 aromatic rings. The molecule has 0 saturated carbocycles. The van der Waals surface area contributed by atoms with Gasteiger partial charge in [0.05, 0.1) is 32.9 Å². The van der Waals surface area contributed by atoms with Crippen molar-refractivity contribution < 1.29 is 51.8 Å². The number of phosphoric ester groups is 1. The van der Waals surface area contributed by atoms with E-state index >= 15 is 0 Å². The van der Waals surface area contributed by atoms with Crippen molar-refractivity contribution >= 4 is 42.7 Å². The molecule has 2 aliphatic heterocycles. The number of ether oxygens (including phenoxy) is 4. The number of benzene rings is 1. The quantitative estimate of drug-likeness (QED) is 0.167. The standard InChI is InChI=1S/C24H27N6O11P/c1-36-24(33)14(25)8-12-2-4-13(5-3-12)38-16(31)6-7-17(32)40-20-19-15(9-37-42(34,35)41-19)39-23(20)30-11-29-18-21(26)27-10-28-22(18)30/h2-5,10-11,14-15,19-20,23H,6-9,25H2,1H3,(H,34,35)(H2,26,27,28)/t14-,15-,19-,20-,23-/m1/s1. The number of nitrogens with zero attached hydrogens (tertiary/aromatic N) is 4. The summed E-state index contributed by atoms with van der Waals surface area (Å²) in [5.41, 5.74) is 12.9. The van der Waals surface area contributed by atoms with Crippen LogP contribution in [0.3, 0.4) is 0 Å². The zero-order chi connectivity index (χ0) is 30.0. The third kappa shape index (κ3) is 6.41. The first kappa shape index (κ1) is 29.5. The number of esters is 3. The van der Waals surface area contributed by atoms with E-state index in [4.69, 9.17) is 34.7 Å². The Labute approximate surface area is 237 Å². The molecule has 2 aliphatic rings. The number of methoxy groups -OCH3 is 1. The highest BCUT2D eigenvalue weighted by molar-refractivity contribution is 7.47. The summed E-state index contributed by atoms with van der Waals surface area (Å²) in [5.74, 6) is -1.74. The van der Waals surface area contributed by atoms with Crippen LogP contribution >= 0.6 is 7.82 Å². The van der Waals surface area contributed by atoms with E-state index in [1.54, 1.807) is 12.1 Å². The minimum atomic E-state index is -4.43. The van der Waals surface area contributed by atoms with E-state index in [1.165, 1.54) is 36.5 Å². The van der Waals surface area contributed by atoms with E-state index in [0.717, 1.165) is 5.56 Å². The minimum Gasteiger partial charge on any atom is -0.468 e. The molecule has 18 heteroatoms. The lowest BCUT2D eigenvalue weighted by atomic mass is 10.1. The molecule has 0 spiro atoms. The Bertz CT molecular complexity index is 1530. The molecule has 42 heavy (non-hydrogen) atoms. The summed E-state index contributed by atoms with van der Waals surface area (Å²) in [6.45, 7) is -0.299. The highest BCUT2D eigenvalue weighted by Gasteiger charge is 2.55.